The minimum Gasteiger partial charge on any atom is -0.493 e. The molecule has 6 nitrogen and oxygen atoms in total. The number of aromatic nitrogens is 3. The van der Waals surface area contributed by atoms with Gasteiger partial charge in [0.15, 0.2) is 17.3 Å². The molecule has 0 unspecified atom stereocenters. The highest BCUT2D eigenvalue weighted by Gasteiger charge is 2.14. The fraction of sp³-hybridized carbons (Fsp3) is 0.300. The zero-order valence-electron chi connectivity index (χ0n) is 16.2. The number of aromatic amines is 1. The molecule has 0 aliphatic rings. The lowest BCUT2D eigenvalue weighted by molar-refractivity contribution is 0.284. The van der Waals surface area contributed by atoms with Crippen molar-refractivity contribution in [3.63, 3.8) is 0 Å². The number of methoxy groups -OCH3 is 1. The van der Waals surface area contributed by atoms with Crippen molar-refractivity contribution < 1.29 is 9.47 Å². The minimum absolute atomic E-state index is 0.290. The zero-order valence-corrected chi connectivity index (χ0v) is 18.5. The molecule has 29 heavy (non-hydrogen) atoms. The molecular formula is C20H22Cl2N4O2S. The average Bonchev–Trinajstić information content (AvgIpc) is 3.06. The van der Waals surface area contributed by atoms with Crippen LogP contribution in [0.4, 0.5) is 0 Å². The number of halogens is 2. The largest absolute Gasteiger partial charge is 0.493 e. The molecule has 0 aliphatic heterocycles. The van der Waals surface area contributed by atoms with Crippen LogP contribution in [0.15, 0.2) is 36.4 Å². The van der Waals surface area contributed by atoms with Crippen molar-refractivity contribution in [2.24, 2.45) is 0 Å². The Bertz CT molecular complexity index is 1040. The quantitative estimate of drug-likeness (QED) is 0.417. The van der Waals surface area contributed by atoms with Gasteiger partial charge in [0.2, 0.25) is 4.77 Å². The van der Waals surface area contributed by atoms with E-state index in [1.54, 1.807) is 11.8 Å². The van der Waals surface area contributed by atoms with Gasteiger partial charge in [0, 0.05) is 17.0 Å². The molecule has 0 aliphatic carbocycles. The first-order valence-electron chi connectivity index (χ1n) is 9.16. The Hall–Kier alpha value is -2.22. The second-order valence-corrected chi connectivity index (χ2v) is 7.56. The Kier molecular flexibility index (Phi) is 7.41. The van der Waals surface area contributed by atoms with Crippen LogP contribution in [-0.2, 0) is 19.6 Å². The molecule has 3 aromatic rings. The van der Waals surface area contributed by atoms with Gasteiger partial charge in [-0.25, -0.2) is 4.68 Å². The van der Waals surface area contributed by atoms with Crippen LogP contribution in [0.1, 0.15) is 30.3 Å². The van der Waals surface area contributed by atoms with Crippen molar-refractivity contribution >= 4 is 35.4 Å². The second kappa shape index (κ2) is 10.0. The van der Waals surface area contributed by atoms with Crippen LogP contribution in [-0.4, -0.2) is 22.0 Å². The third kappa shape index (κ3) is 5.23. The zero-order chi connectivity index (χ0) is 20.8. The summed E-state index contributed by atoms with van der Waals surface area (Å²) < 4.78 is 13.7. The predicted molar refractivity (Wildman–Crippen MR) is 118 cm³/mol. The summed E-state index contributed by atoms with van der Waals surface area (Å²) in [6.07, 6.45) is 1.79. The number of nitrogens with zero attached hydrogens (tertiary/aromatic N) is 2. The third-order valence-electron chi connectivity index (χ3n) is 4.28. The third-order valence-corrected chi connectivity index (χ3v) is 5.20. The topological polar surface area (TPSA) is 64.1 Å². The summed E-state index contributed by atoms with van der Waals surface area (Å²) in [6, 6.07) is 11.2. The van der Waals surface area contributed by atoms with Gasteiger partial charge in [0.05, 0.1) is 18.7 Å². The molecule has 0 fully saturated rings. The lowest BCUT2D eigenvalue weighted by Crippen LogP contribution is -2.17. The molecule has 2 N–H and O–H groups in total. The van der Waals surface area contributed by atoms with Crippen molar-refractivity contribution in [1.82, 2.24) is 14.9 Å². The summed E-state index contributed by atoms with van der Waals surface area (Å²) in [7, 11) is 1.58. The summed E-state index contributed by atoms with van der Waals surface area (Å²) in [5.74, 6) is 1.88. The standard InChI is InChI=1S/C20H22Cl2N4O2S/c1-3-6-18-24-25-20(29)26(18)23-11-13-9-16(22)19(17(10-13)27-2)28-12-14-7-4-5-8-15(14)21/h4-5,7-10,23H,3,6,11-12H2,1-2H3,(H,25,29). The van der Waals surface area contributed by atoms with E-state index in [0.717, 1.165) is 29.8 Å². The van der Waals surface area contributed by atoms with E-state index in [-0.39, 0.29) is 6.61 Å². The molecular weight excluding hydrogens is 431 g/mol. The Morgan fingerprint density at radius 3 is 2.72 bits per heavy atom. The van der Waals surface area contributed by atoms with E-state index in [1.165, 1.54) is 0 Å². The molecule has 1 heterocycles. The average molecular weight is 453 g/mol. The van der Waals surface area contributed by atoms with Crippen LogP contribution in [0.25, 0.3) is 0 Å². The fourth-order valence-corrected chi connectivity index (χ4v) is 3.53. The number of hydrogen-bond donors (Lipinski definition) is 2. The van der Waals surface area contributed by atoms with Crippen molar-refractivity contribution in [3.8, 4) is 11.5 Å². The summed E-state index contributed by atoms with van der Waals surface area (Å²) in [5.41, 5.74) is 5.06. The summed E-state index contributed by atoms with van der Waals surface area (Å²) in [6.45, 7) is 2.87. The molecule has 0 atom stereocenters. The van der Waals surface area contributed by atoms with Gasteiger partial charge >= 0.3 is 0 Å². The van der Waals surface area contributed by atoms with E-state index in [2.05, 4.69) is 22.5 Å². The minimum atomic E-state index is 0.290. The van der Waals surface area contributed by atoms with Crippen LogP contribution < -0.4 is 14.9 Å². The number of ether oxygens (including phenoxy) is 2. The van der Waals surface area contributed by atoms with Crippen LogP contribution in [0.2, 0.25) is 10.0 Å². The highest BCUT2D eigenvalue weighted by molar-refractivity contribution is 7.71. The summed E-state index contributed by atoms with van der Waals surface area (Å²) in [5, 5.41) is 8.15. The second-order valence-electron chi connectivity index (χ2n) is 6.35. The number of aryl methyl sites for hydroxylation is 1. The van der Waals surface area contributed by atoms with Crippen LogP contribution in [0.5, 0.6) is 11.5 Å². The number of nitrogens with one attached hydrogen (secondary N) is 2. The number of rotatable bonds is 9. The Labute approximate surface area is 184 Å². The molecule has 1 aromatic heterocycles. The van der Waals surface area contributed by atoms with Gasteiger partial charge in [-0.1, -0.05) is 48.3 Å². The smallest absolute Gasteiger partial charge is 0.214 e. The van der Waals surface area contributed by atoms with E-state index < -0.39 is 0 Å². The normalized spacial score (nSPS) is 10.8. The molecule has 0 spiro atoms. The van der Waals surface area contributed by atoms with E-state index in [9.17, 15) is 0 Å². The molecule has 0 amide bonds. The van der Waals surface area contributed by atoms with Gasteiger partial charge in [-0.2, -0.15) is 5.10 Å². The summed E-state index contributed by atoms with van der Waals surface area (Å²) in [4.78, 5) is 0. The molecule has 0 radical (unpaired) electrons. The Morgan fingerprint density at radius 2 is 2.00 bits per heavy atom. The predicted octanol–water partition coefficient (Wildman–Crippen LogP) is 5.53. The highest BCUT2D eigenvalue weighted by Crippen LogP contribution is 2.37. The molecule has 0 bridgehead atoms. The van der Waals surface area contributed by atoms with Crippen molar-refractivity contribution in [2.75, 3.05) is 12.5 Å². The molecule has 154 valence electrons. The first kappa shape index (κ1) is 21.5. The van der Waals surface area contributed by atoms with Crippen molar-refractivity contribution in [3.05, 3.63) is 68.2 Å². The fourth-order valence-electron chi connectivity index (χ4n) is 2.84. The van der Waals surface area contributed by atoms with Crippen LogP contribution in [0.3, 0.4) is 0 Å². The van der Waals surface area contributed by atoms with Crippen LogP contribution in [0, 0.1) is 4.77 Å². The van der Waals surface area contributed by atoms with Gasteiger partial charge in [-0.3, -0.25) is 5.10 Å². The number of H-pyrrole nitrogens is 1. The van der Waals surface area contributed by atoms with Gasteiger partial charge < -0.3 is 14.9 Å². The van der Waals surface area contributed by atoms with E-state index in [1.807, 2.05) is 36.4 Å². The van der Waals surface area contributed by atoms with Gasteiger partial charge in [-0.05, 0) is 42.4 Å². The van der Waals surface area contributed by atoms with Gasteiger partial charge in [0.25, 0.3) is 0 Å². The number of benzene rings is 2. The van der Waals surface area contributed by atoms with Gasteiger partial charge in [0.1, 0.15) is 6.61 Å². The van der Waals surface area contributed by atoms with E-state index >= 15 is 0 Å². The monoisotopic (exact) mass is 452 g/mol. The van der Waals surface area contributed by atoms with Crippen molar-refractivity contribution in [2.45, 2.75) is 32.9 Å². The Morgan fingerprint density at radius 1 is 1.21 bits per heavy atom. The maximum absolute atomic E-state index is 6.48. The number of hydrogen-bond acceptors (Lipinski definition) is 5. The Balaban J connectivity index is 1.75. The van der Waals surface area contributed by atoms with E-state index in [4.69, 9.17) is 44.9 Å². The highest BCUT2D eigenvalue weighted by atomic mass is 35.5. The molecule has 3 rings (SSSR count). The van der Waals surface area contributed by atoms with Crippen LogP contribution >= 0.6 is 35.4 Å². The molecule has 2 aromatic carbocycles. The van der Waals surface area contributed by atoms with Crippen molar-refractivity contribution in [1.29, 1.82) is 0 Å². The first-order chi connectivity index (χ1) is 14.0. The lowest BCUT2D eigenvalue weighted by atomic mass is 10.2. The van der Waals surface area contributed by atoms with E-state index in [0.29, 0.717) is 32.9 Å². The van der Waals surface area contributed by atoms with Gasteiger partial charge in [-0.15, -0.1) is 0 Å². The maximum Gasteiger partial charge on any atom is 0.214 e. The lowest BCUT2D eigenvalue weighted by Gasteiger charge is -2.16. The molecule has 9 heteroatoms. The SMILES string of the molecule is CCCc1n[nH]c(=S)n1NCc1cc(Cl)c(OCc2ccccc2Cl)c(OC)c1. The molecule has 0 saturated carbocycles. The first-order valence-corrected chi connectivity index (χ1v) is 10.3. The maximum atomic E-state index is 6.48. The summed E-state index contributed by atoms with van der Waals surface area (Å²) >= 11 is 18.0. The molecule has 0 saturated heterocycles.